The van der Waals surface area contributed by atoms with Gasteiger partial charge in [-0.2, -0.15) is 0 Å². The number of aliphatic hydroxyl groups is 2. The maximum atomic E-state index is 12.9. The smallest absolute Gasteiger partial charge is 0.182 e. The lowest BCUT2D eigenvalue weighted by molar-refractivity contribution is 0.130. The van der Waals surface area contributed by atoms with Crippen molar-refractivity contribution in [2.45, 2.75) is 16.1 Å². The predicted octanol–water partition coefficient (Wildman–Crippen LogP) is 2.36. The Morgan fingerprint density at radius 3 is 2.04 bits per heavy atom. The van der Waals surface area contributed by atoms with E-state index in [2.05, 4.69) is 15.9 Å². The Morgan fingerprint density at radius 1 is 0.957 bits per heavy atom. The highest BCUT2D eigenvalue weighted by molar-refractivity contribution is 9.10. The maximum absolute atomic E-state index is 12.9. The Morgan fingerprint density at radius 2 is 1.52 bits per heavy atom. The molecule has 2 aromatic carbocycles. The molecule has 1 aliphatic carbocycles. The zero-order valence-corrected chi connectivity index (χ0v) is 14.7. The van der Waals surface area contributed by atoms with Crippen molar-refractivity contribution in [3.8, 4) is 0 Å². The minimum absolute atomic E-state index is 0.218. The molecule has 2 N–H and O–H groups in total. The largest absolute Gasteiger partial charge is 0.396 e. The molecule has 122 valence electrons. The number of hydrogen-bond donors (Lipinski definition) is 2. The summed E-state index contributed by atoms with van der Waals surface area (Å²) in [5, 5.41) is 18.8. The third-order valence-electron chi connectivity index (χ3n) is 4.60. The third-order valence-corrected chi connectivity index (χ3v) is 7.47. The van der Waals surface area contributed by atoms with Crippen LogP contribution < -0.4 is 0 Å². The van der Waals surface area contributed by atoms with E-state index in [4.69, 9.17) is 0 Å². The van der Waals surface area contributed by atoms with Gasteiger partial charge in [0.2, 0.25) is 0 Å². The number of sulfone groups is 1. The molecule has 0 amide bonds. The van der Waals surface area contributed by atoms with Crippen LogP contribution in [0.3, 0.4) is 0 Å². The van der Waals surface area contributed by atoms with Crippen molar-refractivity contribution >= 4 is 25.8 Å². The van der Waals surface area contributed by atoms with Gasteiger partial charge in [0.25, 0.3) is 0 Å². The first-order valence-corrected chi connectivity index (χ1v) is 9.57. The van der Waals surface area contributed by atoms with Crippen LogP contribution >= 0.6 is 15.9 Å². The van der Waals surface area contributed by atoms with Crippen LogP contribution in [0.2, 0.25) is 0 Å². The van der Waals surface area contributed by atoms with Crippen LogP contribution in [-0.2, 0) is 9.84 Å². The van der Waals surface area contributed by atoms with Gasteiger partial charge in [-0.25, -0.2) is 8.42 Å². The molecular formula is C17H17BrO4S. The SMILES string of the molecule is O=S(=O)(c1ccccc1)[C@@H]1[C@@H](c2ccc(Br)cc2)C1(CO)CO. The van der Waals surface area contributed by atoms with Gasteiger partial charge in [-0.1, -0.05) is 46.3 Å². The van der Waals surface area contributed by atoms with Crippen LogP contribution in [0.25, 0.3) is 0 Å². The molecule has 0 heterocycles. The Balaban J connectivity index is 2.05. The fourth-order valence-electron chi connectivity index (χ4n) is 3.30. The van der Waals surface area contributed by atoms with Gasteiger partial charge in [-0.05, 0) is 29.8 Å². The molecule has 0 bridgehead atoms. The van der Waals surface area contributed by atoms with E-state index in [-0.39, 0.29) is 18.1 Å². The number of rotatable bonds is 5. The van der Waals surface area contributed by atoms with E-state index < -0.39 is 26.4 Å². The first kappa shape index (κ1) is 16.6. The first-order chi connectivity index (χ1) is 11.0. The summed E-state index contributed by atoms with van der Waals surface area (Å²) in [6.07, 6.45) is 0. The second kappa shape index (κ2) is 6.02. The Kier molecular flexibility index (Phi) is 4.35. The molecule has 0 aliphatic heterocycles. The molecule has 23 heavy (non-hydrogen) atoms. The standard InChI is InChI=1S/C17H17BrO4S/c18-13-8-6-12(7-9-13)15-16(17(15,10-19)11-20)23(21,22)14-4-2-1-3-5-14/h1-9,15-16,19-20H,10-11H2/t15-,16-/m1/s1. The molecular weight excluding hydrogens is 380 g/mol. The van der Waals surface area contributed by atoms with Gasteiger partial charge in [0.15, 0.2) is 9.84 Å². The Bertz CT molecular complexity index is 783. The van der Waals surface area contributed by atoms with Crippen molar-refractivity contribution in [1.29, 1.82) is 0 Å². The number of hydrogen-bond acceptors (Lipinski definition) is 4. The van der Waals surface area contributed by atoms with Gasteiger partial charge in [0.05, 0.1) is 23.4 Å². The number of halogens is 1. The van der Waals surface area contributed by atoms with Crippen molar-refractivity contribution in [3.63, 3.8) is 0 Å². The van der Waals surface area contributed by atoms with E-state index in [1.165, 1.54) is 0 Å². The lowest BCUT2D eigenvalue weighted by Gasteiger charge is -2.11. The topological polar surface area (TPSA) is 74.6 Å². The third kappa shape index (κ3) is 2.63. The van der Waals surface area contributed by atoms with Crippen LogP contribution in [0, 0.1) is 5.41 Å². The lowest BCUT2D eigenvalue weighted by atomic mass is 10.0. The fourth-order valence-corrected chi connectivity index (χ4v) is 6.02. The van der Waals surface area contributed by atoms with Crippen molar-refractivity contribution in [2.75, 3.05) is 13.2 Å². The molecule has 0 aromatic heterocycles. The molecule has 0 spiro atoms. The monoisotopic (exact) mass is 396 g/mol. The summed E-state index contributed by atoms with van der Waals surface area (Å²) >= 11 is 3.35. The van der Waals surface area contributed by atoms with Gasteiger partial charge >= 0.3 is 0 Å². The van der Waals surface area contributed by atoms with Crippen molar-refractivity contribution < 1.29 is 18.6 Å². The molecule has 0 saturated heterocycles. The zero-order chi connectivity index (χ0) is 16.7. The minimum atomic E-state index is -3.64. The molecule has 1 saturated carbocycles. The van der Waals surface area contributed by atoms with Gasteiger partial charge in [0.1, 0.15) is 0 Å². The average molecular weight is 397 g/mol. The molecule has 2 atom stereocenters. The second-order valence-electron chi connectivity index (χ2n) is 5.86. The Labute approximate surface area is 143 Å². The van der Waals surface area contributed by atoms with Crippen LogP contribution in [-0.4, -0.2) is 37.1 Å². The second-order valence-corrected chi connectivity index (χ2v) is 8.84. The van der Waals surface area contributed by atoms with E-state index in [1.54, 1.807) is 30.3 Å². The van der Waals surface area contributed by atoms with E-state index in [1.807, 2.05) is 24.3 Å². The molecule has 6 heteroatoms. The summed E-state index contributed by atoms with van der Waals surface area (Å²) in [5.74, 6) is -0.421. The van der Waals surface area contributed by atoms with E-state index in [0.29, 0.717) is 0 Å². The van der Waals surface area contributed by atoms with E-state index in [9.17, 15) is 18.6 Å². The van der Waals surface area contributed by atoms with Crippen molar-refractivity contribution in [2.24, 2.45) is 5.41 Å². The molecule has 0 unspecified atom stereocenters. The summed E-state index contributed by atoms with van der Waals surface area (Å²) < 4.78 is 26.8. The van der Waals surface area contributed by atoms with Crippen LogP contribution in [0.15, 0.2) is 64.0 Å². The summed E-state index contributed by atoms with van der Waals surface area (Å²) in [4.78, 5) is 0.218. The zero-order valence-electron chi connectivity index (χ0n) is 12.3. The van der Waals surface area contributed by atoms with E-state index in [0.717, 1.165) is 10.0 Å². The van der Waals surface area contributed by atoms with Crippen LogP contribution in [0.5, 0.6) is 0 Å². The van der Waals surface area contributed by atoms with Gasteiger partial charge < -0.3 is 10.2 Å². The molecule has 1 aliphatic rings. The summed E-state index contributed by atoms with van der Waals surface area (Å²) in [6, 6.07) is 15.5. The fraction of sp³-hybridized carbons (Fsp3) is 0.294. The molecule has 0 radical (unpaired) electrons. The highest BCUT2D eigenvalue weighted by Crippen LogP contribution is 2.63. The highest BCUT2D eigenvalue weighted by Gasteiger charge is 2.70. The van der Waals surface area contributed by atoms with Crippen molar-refractivity contribution in [1.82, 2.24) is 0 Å². The maximum Gasteiger partial charge on any atom is 0.182 e. The van der Waals surface area contributed by atoms with Crippen LogP contribution in [0.4, 0.5) is 0 Å². The number of aliphatic hydroxyl groups excluding tert-OH is 2. The quantitative estimate of drug-likeness (QED) is 0.813. The number of benzene rings is 2. The van der Waals surface area contributed by atoms with Gasteiger partial charge in [0, 0.05) is 15.8 Å². The average Bonchev–Trinajstić information content (AvgIpc) is 3.27. The van der Waals surface area contributed by atoms with Gasteiger partial charge in [-0.3, -0.25) is 0 Å². The highest BCUT2D eigenvalue weighted by atomic mass is 79.9. The summed E-state index contributed by atoms with van der Waals surface area (Å²) in [5.41, 5.74) is -0.233. The summed E-state index contributed by atoms with van der Waals surface area (Å²) in [6.45, 7) is -0.748. The van der Waals surface area contributed by atoms with Crippen molar-refractivity contribution in [3.05, 3.63) is 64.6 Å². The first-order valence-electron chi connectivity index (χ1n) is 7.23. The lowest BCUT2D eigenvalue weighted by Crippen LogP contribution is -2.22. The molecule has 4 nitrogen and oxygen atoms in total. The summed E-state index contributed by atoms with van der Waals surface area (Å²) in [7, 11) is -3.64. The predicted molar refractivity (Wildman–Crippen MR) is 90.9 cm³/mol. The minimum Gasteiger partial charge on any atom is -0.396 e. The van der Waals surface area contributed by atoms with Gasteiger partial charge in [-0.15, -0.1) is 0 Å². The van der Waals surface area contributed by atoms with E-state index >= 15 is 0 Å². The molecule has 2 aromatic rings. The Hall–Kier alpha value is -1.21. The van der Waals surface area contributed by atoms with Crippen LogP contribution in [0.1, 0.15) is 11.5 Å². The normalized spacial score (nSPS) is 22.7. The molecule has 1 fully saturated rings. The molecule has 3 rings (SSSR count).